The number of benzene rings is 1. The highest BCUT2D eigenvalue weighted by atomic mass is 79.9. The zero-order valence-corrected chi connectivity index (χ0v) is 27.6. The second-order valence-corrected chi connectivity index (χ2v) is 14.5. The van der Waals surface area contributed by atoms with Gasteiger partial charge in [-0.15, -0.1) is 0 Å². The predicted molar refractivity (Wildman–Crippen MR) is 173 cm³/mol. The standard InChI is InChI=1S/C35H42BrN5O3/c1-20(2)30(40-34(43)44-3)33(42)41-15-7-10-29(41)32-38-19-28(39-32)23-11-12-24(22-9-6-8-21(22)23)31-26-17-35(13-4-5-14-35)16-25(26)27(36)18-37-31/h11-12,18-20,29-30H,4-10,13-17H2,1-3H3,(H,38,39)(H,40,43). The number of hydrogen-bond acceptors (Lipinski definition) is 5. The van der Waals surface area contributed by atoms with Gasteiger partial charge in [-0.1, -0.05) is 38.8 Å². The first-order valence-corrected chi connectivity index (χ1v) is 17.1. The number of H-pyrrole nitrogens is 1. The lowest BCUT2D eigenvalue weighted by Gasteiger charge is -2.30. The molecule has 3 aliphatic carbocycles. The minimum atomic E-state index is -0.648. The number of fused-ring (bicyclic) bond motifs is 2. The molecule has 7 rings (SSSR count). The third kappa shape index (κ3) is 5.05. The molecule has 0 bridgehead atoms. The second-order valence-electron chi connectivity index (χ2n) is 13.7. The SMILES string of the molecule is COC(=O)NC(C(=O)N1CCCC1c1ncc(-c2ccc(-c3ncc(Br)c4c3CC3(CCCC3)C4)c3c2CCC3)[nH]1)C(C)C. The number of pyridine rings is 1. The van der Waals surface area contributed by atoms with Gasteiger partial charge < -0.3 is 19.9 Å². The molecular weight excluding hydrogens is 618 g/mol. The molecule has 0 radical (unpaired) electrons. The number of alkyl carbamates (subject to hydrolysis) is 1. The van der Waals surface area contributed by atoms with Crippen molar-refractivity contribution >= 4 is 27.9 Å². The summed E-state index contributed by atoms with van der Waals surface area (Å²) >= 11 is 3.84. The highest BCUT2D eigenvalue weighted by Crippen LogP contribution is 2.52. The Balaban J connectivity index is 1.18. The van der Waals surface area contributed by atoms with Gasteiger partial charge >= 0.3 is 6.09 Å². The van der Waals surface area contributed by atoms with E-state index in [9.17, 15) is 9.59 Å². The molecule has 3 heterocycles. The molecule has 2 unspecified atom stereocenters. The highest BCUT2D eigenvalue weighted by molar-refractivity contribution is 9.10. The lowest BCUT2D eigenvalue weighted by atomic mass is 9.83. The summed E-state index contributed by atoms with van der Waals surface area (Å²) in [4.78, 5) is 40.9. The van der Waals surface area contributed by atoms with Crippen molar-refractivity contribution in [3.05, 3.63) is 57.1 Å². The average Bonchev–Trinajstić information content (AvgIpc) is 3.85. The van der Waals surface area contributed by atoms with Gasteiger partial charge in [-0.2, -0.15) is 0 Å². The number of nitrogens with one attached hydrogen (secondary N) is 2. The zero-order chi connectivity index (χ0) is 30.6. The number of aromatic amines is 1. The van der Waals surface area contributed by atoms with E-state index in [1.165, 1.54) is 82.8 Å². The van der Waals surface area contributed by atoms with Gasteiger partial charge in [-0.25, -0.2) is 9.78 Å². The van der Waals surface area contributed by atoms with Crippen LogP contribution in [0.3, 0.4) is 0 Å². The molecule has 2 fully saturated rings. The van der Waals surface area contributed by atoms with Crippen molar-refractivity contribution in [2.24, 2.45) is 11.3 Å². The van der Waals surface area contributed by atoms with Crippen molar-refractivity contribution in [2.75, 3.05) is 13.7 Å². The molecule has 1 aromatic carbocycles. The molecule has 2 atom stereocenters. The molecule has 232 valence electrons. The van der Waals surface area contributed by atoms with Crippen molar-refractivity contribution in [2.45, 2.75) is 96.6 Å². The minimum Gasteiger partial charge on any atom is -0.453 e. The Morgan fingerprint density at radius 1 is 1.00 bits per heavy atom. The summed E-state index contributed by atoms with van der Waals surface area (Å²) in [6.45, 7) is 4.51. The van der Waals surface area contributed by atoms with Crippen LogP contribution < -0.4 is 5.32 Å². The lowest BCUT2D eigenvalue weighted by molar-refractivity contribution is -0.135. The van der Waals surface area contributed by atoms with Gasteiger partial charge in [-0.3, -0.25) is 9.78 Å². The Hall–Kier alpha value is -3.20. The monoisotopic (exact) mass is 659 g/mol. The fourth-order valence-electron chi connectivity index (χ4n) is 8.48. The van der Waals surface area contributed by atoms with Crippen molar-refractivity contribution in [3.8, 4) is 22.5 Å². The lowest BCUT2D eigenvalue weighted by Crippen LogP contribution is -2.51. The molecule has 4 aliphatic rings. The summed E-state index contributed by atoms with van der Waals surface area (Å²) in [5.41, 5.74) is 10.9. The molecule has 8 nitrogen and oxygen atoms in total. The van der Waals surface area contributed by atoms with Crippen LogP contribution in [-0.4, -0.2) is 51.5 Å². The fraction of sp³-hybridized carbons (Fsp3) is 0.543. The summed E-state index contributed by atoms with van der Waals surface area (Å²) in [5, 5.41) is 2.73. The summed E-state index contributed by atoms with van der Waals surface area (Å²) in [6, 6.07) is 3.74. The number of halogens is 1. The number of aromatic nitrogens is 3. The Bertz CT molecular complexity index is 1610. The van der Waals surface area contributed by atoms with E-state index >= 15 is 0 Å². The first-order valence-electron chi connectivity index (χ1n) is 16.3. The quantitative estimate of drug-likeness (QED) is 0.294. The molecule has 1 saturated heterocycles. The maximum atomic E-state index is 13.6. The molecule has 2 N–H and O–H groups in total. The number of rotatable bonds is 6. The maximum absolute atomic E-state index is 13.6. The molecule has 2 aromatic heterocycles. The molecule has 44 heavy (non-hydrogen) atoms. The summed E-state index contributed by atoms with van der Waals surface area (Å²) in [5.74, 6) is 0.641. The topological polar surface area (TPSA) is 100 Å². The van der Waals surface area contributed by atoms with Gasteiger partial charge in [0.25, 0.3) is 0 Å². The molecule has 1 aliphatic heterocycles. The normalized spacial score (nSPS) is 20.8. The van der Waals surface area contributed by atoms with E-state index in [1.54, 1.807) is 0 Å². The van der Waals surface area contributed by atoms with E-state index in [0.29, 0.717) is 12.0 Å². The number of carbonyl (C=O) groups excluding carboxylic acids is 2. The van der Waals surface area contributed by atoms with Crippen LogP contribution >= 0.6 is 15.9 Å². The second kappa shape index (κ2) is 11.6. The van der Waals surface area contributed by atoms with Crippen LogP contribution in [0.15, 0.2) is 29.0 Å². The molecule has 1 saturated carbocycles. The van der Waals surface area contributed by atoms with Gasteiger partial charge in [0.05, 0.1) is 30.7 Å². The number of carbonyl (C=O) groups is 2. The molecular formula is C35H42BrN5O3. The Kier molecular flexibility index (Phi) is 7.79. The minimum absolute atomic E-state index is 0.0683. The number of nitrogens with zero attached hydrogens (tertiary/aromatic N) is 3. The van der Waals surface area contributed by atoms with E-state index < -0.39 is 12.1 Å². The highest BCUT2D eigenvalue weighted by Gasteiger charge is 2.42. The number of ether oxygens (including phenoxy) is 1. The first kappa shape index (κ1) is 29.5. The Morgan fingerprint density at radius 2 is 1.73 bits per heavy atom. The van der Waals surface area contributed by atoms with Crippen LogP contribution in [0.1, 0.15) is 92.9 Å². The fourth-order valence-corrected chi connectivity index (χ4v) is 8.97. The zero-order valence-electron chi connectivity index (χ0n) is 26.0. The third-order valence-electron chi connectivity index (χ3n) is 10.7. The number of likely N-dealkylation sites (tertiary alicyclic amines) is 1. The van der Waals surface area contributed by atoms with Crippen LogP contribution in [0.4, 0.5) is 4.79 Å². The molecule has 1 spiro atoms. The van der Waals surface area contributed by atoms with Crippen molar-refractivity contribution < 1.29 is 14.3 Å². The van der Waals surface area contributed by atoms with Gasteiger partial charge in [0, 0.05) is 28.3 Å². The summed E-state index contributed by atoms with van der Waals surface area (Å²) in [6.07, 6.45) is 16.0. The van der Waals surface area contributed by atoms with E-state index in [0.717, 1.165) is 50.0 Å². The molecule has 3 aromatic rings. The van der Waals surface area contributed by atoms with Crippen LogP contribution in [0.2, 0.25) is 0 Å². The van der Waals surface area contributed by atoms with E-state index in [-0.39, 0.29) is 17.9 Å². The number of amides is 2. The van der Waals surface area contributed by atoms with Gasteiger partial charge in [0.1, 0.15) is 11.9 Å². The number of imidazole rings is 1. The predicted octanol–water partition coefficient (Wildman–Crippen LogP) is 7.09. The van der Waals surface area contributed by atoms with Crippen molar-refractivity contribution in [1.82, 2.24) is 25.2 Å². The molecule has 2 amide bonds. The van der Waals surface area contributed by atoms with Crippen molar-refractivity contribution in [1.29, 1.82) is 0 Å². The van der Waals surface area contributed by atoms with Crippen LogP contribution in [0.5, 0.6) is 0 Å². The average molecular weight is 661 g/mol. The summed E-state index contributed by atoms with van der Waals surface area (Å²) < 4.78 is 5.95. The van der Waals surface area contributed by atoms with Gasteiger partial charge in [-0.05, 0) is 107 Å². The van der Waals surface area contributed by atoms with Gasteiger partial charge in [0.2, 0.25) is 5.91 Å². The van der Waals surface area contributed by atoms with Crippen LogP contribution in [0, 0.1) is 11.3 Å². The van der Waals surface area contributed by atoms with E-state index in [2.05, 4.69) is 38.4 Å². The van der Waals surface area contributed by atoms with E-state index in [4.69, 9.17) is 14.7 Å². The molecule has 9 heteroatoms. The first-order chi connectivity index (χ1) is 21.3. The van der Waals surface area contributed by atoms with Crippen molar-refractivity contribution in [3.63, 3.8) is 0 Å². The third-order valence-corrected chi connectivity index (χ3v) is 11.4. The largest absolute Gasteiger partial charge is 0.453 e. The summed E-state index contributed by atoms with van der Waals surface area (Å²) in [7, 11) is 1.32. The maximum Gasteiger partial charge on any atom is 0.407 e. The van der Waals surface area contributed by atoms with E-state index in [1.807, 2.05) is 31.1 Å². The number of methoxy groups -OCH3 is 1. The Labute approximate surface area is 267 Å². The van der Waals surface area contributed by atoms with Crippen LogP contribution in [-0.2, 0) is 35.2 Å². The van der Waals surface area contributed by atoms with Gasteiger partial charge in [0.15, 0.2) is 0 Å². The van der Waals surface area contributed by atoms with Crippen LogP contribution in [0.25, 0.3) is 22.5 Å². The smallest absolute Gasteiger partial charge is 0.407 e. The number of hydrogen-bond donors (Lipinski definition) is 2. The Morgan fingerprint density at radius 3 is 2.48 bits per heavy atom.